The molecular weight excluding hydrogens is 582 g/mol. The second-order valence-corrected chi connectivity index (χ2v) is 12.6. The number of oxazole rings is 1. The molecule has 43 heavy (non-hydrogen) atoms. The molecule has 0 radical (unpaired) electrons. The number of carbonyl (C=O) groups is 1. The van der Waals surface area contributed by atoms with Crippen LogP contribution in [-0.2, 0) is 24.3 Å². The van der Waals surface area contributed by atoms with Crippen molar-refractivity contribution >= 4 is 40.0 Å². The van der Waals surface area contributed by atoms with Crippen molar-refractivity contribution in [2.45, 2.75) is 32.9 Å². The van der Waals surface area contributed by atoms with Crippen molar-refractivity contribution in [2.75, 3.05) is 19.6 Å². The highest BCUT2D eigenvalue weighted by Gasteiger charge is 2.28. The number of nitriles is 1. The first-order valence-electron chi connectivity index (χ1n) is 14.3. The number of halogens is 1. The molecule has 2 N–H and O–H groups in total. The van der Waals surface area contributed by atoms with Crippen molar-refractivity contribution in [3.05, 3.63) is 80.8 Å². The number of fused-ring (bicyclic) bond motifs is 2. The van der Waals surface area contributed by atoms with Crippen LogP contribution in [0.15, 0.2) is 52.9 Å². The van der Waals surface area contributed by atoms with Gasteiger partial charge in [0.25, 0.3) is 0 Å². The maximum absolute atomic E-state index is 11.4. The van der Waals surface area contributed by atoms with E-state index in [1.807, 2.05) is 30.3 Å². The average molecular weight is 610 g/mol. The summed E-state index contributed by atoms with van der Waals surface area (Å²) in [4.78, 5) is 24.5. The van der Waals surface area contributed by atoms with Crippen molar-refractivity contribution < 1.29 is 14.3 Å². The van der Waals surface area contributed by atoms with Crippen LogP contribution in [0, 0.1) is 24.2 Å². The number of hydrogen-bond acceptors (Lipinski definition) is 8. The number of nitrogens with zero attached hydrogens (tertiary/aromatic N) is 4. The predicted molar refractivity (Wildman–Crippen MR) is 167 cm³/mol. The van der Waals surface area contributed by atoms with Gasteiger partial charge in [-0.2, -0.15) is 5.26 Å². The molecule has 2 aliphatic rings. The smallest absolute Gasteiger partial charge is 0.307 e. The van der Waals surface area contributed by atoms with E-state index >= 15 is 0 Å². The number of likely N-dealkylation sites (tertiary alicyclic amines) is 1. The molecule has 0 bridgehead atoms. The van der Waals surface area contributed by atoms with Crippen molar-refractivity contribution in [3.8, 4) is 39.2 Å². The van der Waals surface area contributed by atoms with Gasteiger partial charge in [-0.3, -0.25) is 9.69 Å². The van der Waals surface area contributed by atoms with Crippen molar-refractivity contribution in [3.63, 3.8) is 0 Å². The van der Waals surface area contributed by atoms with Gasteiger partial charge in [0.1, 0.15) is 16.6 Å². The Labute approximate surface area is 257 Å². The molecule has 7 rings (SSSR count). The van der Waals surface area contributed by atoms with Crippen LogP contribution >= 0.6 is 22.9 Å². The zero-order valence-electron chi connectivity index (χ0n) is 23.5. The number of thiazole rings is 1. The summed E-state index contributed by atoms with van der Waals surface area (Å²) in [6.45, 7) is 5.65. The number of hydrogen-bond donors (Lipinski definition) is 2. The number of aliphatic carboxylic acids is 1. The van der Waals surface area contributed by atoms with Gasteiger partial charge < -0.3 is 14.8 Å². The lowest BCUT2D eigenvalue weighted by Gasteiger charge is -2.15. The molecule has 1 saturated heterocycles. The van der Waals surface area contributed by atoms with E-state index in [0.717, 1.165) is 52.3 Å². The van der Waals surface area contributed by atoms with E-state index in [4.69, 9.17) is 26.0 Å². The molecule has 0 spiro atoms. The van der Waals surface area contributed by atoms with Gasteiger partial charge in [-0.1, -0.05) is 41.9 Å². The zero-order valence-corrected chi connectivity index (χ0v) is 25.1. The topological polar surface area (TPSA) is 115 Å². The number of benzene rings is 3. The highest BCUT2D eigenvalue weighted by Crippen LogP contribution is 2.41. The molecule has 3 aromatic carbocycles. The Balaban J connectivity index is 1.23. The van der Waals surface area contributed by atoms with Gasteiger partial charge in [-0.25, -0.2) is 9.97 Å². The minimum atomic E-state index is -0.766. The Kier molecular flexibility index (Phi) is 7.23. The number of carboxylic acids is 1. The molecular formula is C33H28ClN5O3S. The summed E-state index contributed by atoms with van der Waals surface area (Å²) in [6, 6.07) is 18.0. The molecule has 5 aromatic rings. The second-order valence-electron chi connectivity index (χ2n) is 11.1. The second kappa shape index (κ2) is 11.2. The fourth-order valence-electron chi connectivity index (χ4n) is 6.12. The molecule has 8 nitrogen and oxygen atoms in total. The van der Waals surface area contributed by atoms with Crippen molar-refractivity contribution in [1.29, 1.82) is 5.26 Å². The summed E-state index contributed by atoms with van der Waals surface area (Å²) < 4.78 is 6.17. The van der Waals surface area contributed by atoms with E-state index in [2.05, 4.69) is 35.3 Å². The van der Waals surface area contributed by atoms with Crippen LogP contribution in [0.3, 0.4) is 0 Å². The van der Waals surface area contributed by atoms with E-state index in [0.29, 0.717) is 59.2 Å². The molecule has 10 heteroatoms. The van der Waals surface area contributed by atoms with E-state index in [-0.39, 0.29) is 5.92 Å². The Hall–Kier alpha value is -4.07. The number of rotatable bonds is 6. The minimum absolute atomic E-state index is 0.344. The Morgan fingerprint density at radius 2 is 1.98 bits per heavy atom. The molecule has 0 saturated carbocycles. The third-order valence-corrected chi connectivity index (χ3v) is 9.92. The predicted octanol–water partition coefficient (Wildman–Crippen LogP) is 6.67. The van der Waals surface area contributed by atoms with Gasteiger partial charge >= 0.3 is 5.97 Å². The lowest BCUT2D eigenvalue weighted by atomic mass is 9.95. The monoisotopic (exact) mass is 609 g/mol. The maximum Gasteiger partial charge on any atom is 0.307 e. The minimum Gasteiger partial charge on any atom is -0.481 e. The fraction of sp³-hybridized carbons (Fsp3) is 0.273. The van der Waals surface area contributed by atoms with E-state index < -0.39 is 5.97 Å². The van der Waals surface area contributed by atoms with Gasteiger partial charge in [0.15, 0.2) is 5.58 Å². The van der Waals surface area contributed by atoms with Crippen LogP contribution < -0.4 is 5.32 Å². The van der Waals surface area contributed by atoms with Crippen molar-refractivity contribution in [2.24, 2.45) is 5.92 Å². The van der Waals surface area contributed by atoms with E-state index in [1.165, 1.54) is 10.6 Å². The molecule has 1 fully saturated rings. The lowest BCUT2D eigenvalue weighted by molar-refractivity contribution is -0.141. The summed E-state index contributed by atoms with van der Waals surface area (Å²) in [5.41, 5.74) is 8.16. The summed E-state index contributed by atoms with van der Waals surface area (Å²) in [6.07, 6.45) is 1.57. The molecule has 0 aliphatic carbocycles. The molecule has 0 unspecified atom stereocenters. The van der Waals surface area contributed by atoms with Crippen LogP contribution in [0.1, 0.15) is 33.7 Å². The quantitative estimate of drug-likeness (QED) is 0.219. The Bertz CT molecular complexity index is 1920. The highest BCUT2D eigenvalue weighted by atomic mass is 35.5. The van der Waals surface area contributed by atoms with E-state index in [1.54, 1.807) is 17.4 Å². The SMILES string of the molecule is Cc1c(-c2nc3c(s2)CNCC3)cccc1-c1cccc(-c2nc3cc(CN4CC[C@@H](C(=O)O)C4)cc(C#N)c3o2)c1Cl. The van der Waals surface area contributed by atoms with Crippen LogP contribution in [0.2, 0.25) is 5.02 Å². The summed E-state index contributed by atoms with van der Waals surface area (Å²) in [5.74, 6) is -0.783. The van der Waals surface area contributed by atoms with Crippen LogP contribution in [0.5, 0.6) is 0 Å². The highest BCUT2D eigenvalue weighted by molar-refractivity contribution is 7.15. The number of nitrogens with one attached hydrogen (secondary N) is 1. The van der Waals surface area contributed by atoms with Crippen molar-refractivity contribution in [1.82, 2.24) is 20.2 Å². The van der Waals surface area contributed by atoms with Crippen LogP contribution in [0.4, 0.5) is 0 Å². The zero-order chi connectivity index (χ0) is 29.7. The molecule has 216 valence electrons. The Morgan fingerprint density at radius 1 is 1.19 bits per heavy atom. The first kappa shape index (κ1) is 27.7. The molecule has 4 heterocycles. The van der Waals surface area contributed by atoms with E-state index in [9.17, 15) is 15.2 Å². The largest absolute Gasteiger partial charge is 0.481 e. The summed E-state index contributed by atoms with van der Waals surface area (Å²) in [5, 5.41) is 24.2. The first-order chi connectivity index (χ1) is 20.9. The normalized spacial score (nSPS) is 16.8. The van der Waals surface area contributed by atoms with Gasteiger partial charge in [0.05, 0.1) is 27.8 Å². The van der Waals surface area contributed by atoms with Gasteiger partial charge in [-0.05, 0) is 54.8 Å². The average Bonchev–Trinajstić information content (AvgIpc) is 3.75. The lowest BCUT2D eigenvalue weighted by Crippen LogP contribution is -2.22. The van der Waals surface area contributed by atoms with Gasteiger partial charge in [-0.15, -0.1) is 11.3 Å². The summed E-state index contributed by atoms with van der Waals surface area (Å²) in [7, 11) is 0. The standard InChI is InChI=1S/C33H28ClN5O3S/c1-18-22(4-2-5-23(18)32-38-26-8-10-36-15-28(26)43-32)24-6-3-7-25(29(24)34)31-37-27-13-19(12-21(14-35)30(27)42-31)16-39-11-9-20(17-39)33(40)41/h2-7,12-13,20,36H,8-11,15-17H2,1H3,(H,40,41)/t20-/m1/s1. The number of carboxylic acid groups (broad SMARTS) is 1. The third-order valence-electron chi connectivity index (χ3n) is 8.38. The van der Waals surface area contributed by atoms with Gasteiger partial charge in [0, 0.05) is 48.6 Å². The maximum atomic E-state index is 11.4. The molecule has 1 atom stereocenters. The Morgan fingerprint density at radius 3 is 2.74 bits per heavy atom. The summed E-state index contributed by atoms with van der Waals surface area (Å²) >= 11 is 8.82. The third kappa shape index (κ3) is 5.11. The van der Waals surface area contributed by atoms with Crippen LogP contribution in [0.25, 0.3) is 44.3 Å². The molecule has 0 amide bonds. The van der Waals surface area contributed by atoms with Crippen LogP contribution in [-0.4, -0.2) is 45.6 Å². The first-order valence-corrected chi connectivity index (χ1v) is 15.5. The fourth-order valence-corrected chi connectivity index (χ4v) is 7.59. The molecule has 2 aliphatic heterocycles. The number of aromatic nitrogens is 2. The van der Waals surface area contributed by atoms with Gasteiger partial charge in [0.2, 0.25) is 5.89 Å². The molecule has 2 aromatic heterocycles.